The highest BCUT2D eigenvalue weighted by Gasteiger charge is 2.29. The normalized spacial score (nSPS) is 14.6. The number of carboxylic acid groups (broad SMARTS) is 1. The molecule has 0 aliphatic carbocycles. The van der Waals surface area contributed by atoms with Gasteiger partial charge >= 0.3 is 5.97 Å². The van der Waals surface area contributed by atoms with Gasteiger partial charge in [-0.05, 0) is 12.0 Å². The Kier molecular flexibility index (Phi) is 3.63. The molecule has 1 aromatic rings. The van der Waals surface area contributed by atoms with Crippen molar-refractivity contribution in [2.45, 2.75) is 19.3 Å². The van der Waals surface area contributed by atoms with Gasteiger partial charge in [-0.3, -0.25) is 4.79 Å². The van der Waals surface area contributed by atoms with Crippen molar-refractivity contribution in [3.05, 3.63) is 22.2 Å². The molecule has 1 aromatic carbocycles. The van der Waals surface area contributed by atoms with E-state index in [1.165, 1.54) is 0 Å². The molecular formula is C12H14ClNO4. The van der Waals surface area contributed by atoms with E-state index >= 15 is 0 Å². The highest BCUT2D eigenvalue weighted by atomic mass is 35.5. The highest BCUT2D eigenvalue weighted by Crippen LogP contribution is 2.44. The molecule has 98 valence electrons. The number of hydrogen-bond donors (Lipinski definition) is 2. The quantitative estimate of drug-likeness (QED) is 0.872. The smallest absolute Gasteiger partial charge is 0.312 e. The molecule has 6 heteroatoms. The number of hydrogen-bond acceptors (Lipinski definition) is 4. The van der Waals surface area contributed by atoms with Crippen LogP contribution in [0.25, 0.3) is 0 Å². The minimum absolute atomic E-state index is 0.0122. The standard InChI is InChI=1S/C12H14ClNO4/c1-2-6-10(7(4-14)12(15)16)8(13)3-9-11(6)18-5-17-9/h3,7H,2,4-5,14H2,1H3,(H,15,16). The Morgan fingerprint density at radius 1 is 1.61 bits per heavy atom. The summed E-state index contributed by atoms with van der Waals surface area (Å²) in [6.07, 6.45) is 0.603. The first-order valence-corrected chi connectivity index (χ1v) is 6.01. The van der Waals surface area contributed by atoms with Gasteiger partial charge in [-0.25, -0.2) is 0 Å². The van der Waals surface area contributed by atoms with Crippen LogP contribution in [0, 0.1) is 0 Å². The van der Waals surface area contributed by atoms with Gasteiger partial charge in [0.05, 0.1) is 5.92 Å². The van der Waals surface area contributed by atoms with E-state index in [-0.39, 0.29) is 13.3 Å². The van der Waals surface area contributed by atoms with E-state index < -0.39 is 11.9 Å². The van der Waals surface area contributed by atoms with Crippen molar-refractivity contribution in [3.8, 4) is 11.5 Å². The maximum Gasteiger partial charge on any atom is 0.312 e. The van der Waals surface area contributed by atoms with Crippen LogP contribution in [0.3, 0.4) is 0 Å². The number of benzene rings is 1. The summed E-state index contributed by atoms with van der Waals surface area (Å²) in [5, 5.41) is 9.56. The first-order chi connectivity index (χ1) is 8.60. The second-order valence-electron chi connectivity index (χ2n) is 3.96. The predicted molar refractivity (Wildman–Crippen MR) is 66.4 cm³/mol. The third kappa shape index (κ3) is 2.00. The van der Waals surface area contributed by atoms with E-state index in [0.717, 1.165) is 5.56 Å². The van der Waals surface area contributed by atoms with Crippen molar-refractivity contribution >= 4 is 17.6 Å². The number of rotatable bonds is 4. The number of carbonyl (C=O) groups is 1. The van der Waals surface area contributed by atoms with Crippen molar-refractivity contribution in [3.63, 3.8) is 0 Å². The molecule has 0 saturated heterocycles. The molecule has 1 aliphatic heterocycles. The zero-order valence-corrected chi connectivity index (χ0v) is 10.7. The summed E-state index contributed by atoms with van der Waals surface area (Å²) in [7, 11) is 0. The van der Waals surface area contributed by atoms with Gasteiger partial charge in [-0.15, -0.1) is 0 Å². The lowest BCUT2D eigenvalue weighted by Gasteiger charge is -2.18. The number of fused-ring (bicyclic) bond motifs is 1. The lowest BCUT2D eigenvalue weighted by Crippen LogP contribution is -2.23. The molecule has 18 heavy (non-hydrogen) atoms. The van der Waals surface area contributed by atoms with Crippen molar-refractivity contribution < 1.29 is 19.4 Å². The number of carboxylic acids is 1. The molecule has 0 radical (unpaired) electrons. The van der Waals surface area contributed by atoms with Crippen molar-refractivity contribution in [1.82, 2.24) is 0 Å². The van der Waals surface area contributed by atoms with E-state index in [1.807, 2.05) is 6.92 Å². The van der Waals surface area contributed by atoms with Gasteiger partial charge in [0.2, 0.25) is 6.79 Å². The third-order valence-electron chi connectivity index (χ3n) is 2.99. The van der Waals surface area contributed by atoms with Crippen molar-refractivity contribution in [1.29, 1.82) is 0 Å². The zero-order valence-electron chi connectivity index (χ0n) is 9.90. The SMILES string of the molecule is CCc1c2c(cc(Cl)c1C(CN)C(=O)O)OCO2. The average Bonchev–Trinajstić information content (AvgIpc) is 2.77. The van der Waals surface area contributed by atoms with Crippen LogP contribution >= 0.6 is 11.6 Å². The molecule has 1 heterocycles. The molecule has 1 aliphatic rings. The van der Waals surface area contributed by atoms with Gasteiger partial charge < -0.3 is 20.3 Å². The molecule has 0 fully saturated rings. The van der Waals surface area contributed by atoms with E-state index in [4.69, 9.17) is 26.8 Å². The Hall–Kier alpha value is -1.46. The summed E-state index contributed by atoms with van der Waals surface area (Å²) in [5.41, 5.74) is 6.82. The molecule has 0 amide bonds. The monoisotopic (exact) mass is 271 g/mol. The minimum Gasteiger partial charge on any atom is -0.481 e. The molecule has 0 spiro atoms. The summed E-state index contributed by atoms with van der Waals surface area (Å²) in [6, 6.07) is 1.59. The van der Waals surface area contributed by atoms with Crippen LogP contribution in [0.2, 0.25) is 5.02 Å². The maximum atomic E-state index is 11.2. The molecule has 1 atom stereocenters. The number of nitrogens with two attached hydrogens (primary N) is 1. The Bertz CT molecular complexity index is 489. The highest BCUT2D eigenvalue weighted by molar-refractivity contribution is 6.32. The van der Waals surface area contributed by atoms with Crippen LogP contribution in [0.15, 0.2) is 6.07 Å². The second-order valence-corrected chi connectivity index (χ2v) is 4.37. The maximum absolute atomic E-state index is 11.2. The van der Waals surface area contributed by atoms with Crippen LogP contribution in [0.5, 0.6) is 11.5 Å². The van der Waals surface area contributed by atoms with Crippen molar-refractivity contribution in [2.24, 2.45) is 5.73 Å². The molecule has 0 bridgehead atoms. The molecule has 5 nitrogen and oxygen atoms in total. The van der Waals surface area contributed by atoms with Gasteiger partial charge in [0.15, 0.2) is 11.5 Å². The van der Waals surface area contributed by atoms with E-state index in [1.54, 1.807) is 6.07 Å². The van der Waals surface area contributed by atoms with Gasteiger partial charge in [-0.2, -0.15) is 0 Å². The Morgan fingerprint density at radius 3 is 2.89 bits per heavy atom. The lowest BCUT2D eigenvalue weighted by molar-refractivity contribution is -0.138. The summed E-state index contributed by atoms with van der Waals surface area (Å²) in [5.74, 6) is -0.687. The van der Waals surface area contributed by atoms with Crippen LogP contribution in [0.4, 0.5) is 0 Å². The number of aliphatic carboxylic acids is 1. The molecular weight excluding hydrogens is 258 g/mol. The molecule has 1 unspecified atom stereocenters. The molecule has 0 aromatic heterocycles. The van der Waals surface area contributed by atoms with Gasteiger partial charge in [0.1, 0.15) is 0 Å². The van der Waals surface area contributed by atoms with Gasteiger partial charge in [-0.1, -0.05) is 18.5 Å². The minimum atomic E-state index is -0.993. The van der Waals surface area contributed by atoms with E-state index in [0.29, 0.717) is 28.5 Å². The van der Waals surface area contributed by atoms with Crippen LogP contribution < -0.4 is 15.2 Å². The molecule has 2 rings (SSSR count). The van der Waals surface area contributed by atoms with E-state index in [9.17, 15) is 9.90 Å². The van der Waals surface area contributed by atoms with Crippen LogP contribution in [0.1, 0.15) is 24.0 Å². The summed E-state index contributed by atoms with van der Waals surface area (Å²) in [6.45, 7) is 2.02. The fourth-order valence-corrected chi connectivity index (χ4v) is 2.51. The second kappa shape index (κ2) is 5.04. The molecule has 3 N–H and O–H groups in total. The predicted octanol–water partition coefficient (Wildman–Crippen LogP) is 1.76. The Balaban J connectivity index is 2.62. The van der Waals surface area contributed by atoms with Gasteiger partial charge in [0.25, 0.3) is 0 Å². The zero-order chi connectivity index (χ0) is 13.3. The number of ether oxygens (including phenoxy) is 2. The average molecular weight is 272 g/mol. The third-order valence-corrected chi connectivity index (χ3v) is 3.30. The summed E-state index contributed by atoms with van der Waals surface area (Å²) >= 11 is 6.15. The number of halogens is 1. The summed E-state index contributed by atoms with van der Waals surface area (Å²) in [4.78, 5) is 11.2. The topological polar surface area (TPSA) is 81.8 Å². The Labute approximate surface area is 109 Å². The first-order valence-electron chi connectivity index (χ1n) is 5.63. The van der Waals surface area contributed by atoms with Crippen LogP contribution in [-0.2, 0) is 11.2 Å². The summed E-state index contributed by atoms with van der Waals surface area (Å²) < 4.78 is 10.6. The van der Waals surface area contributed by atoms with Crippen LogP contribution in [-0.4, -0.2) is 24.4 Å². The lowest BCUT2D eigenvalue weighted by atomic mass is 9.92. The molecule has 0 saturated carbocycles. The largest absolute Gasteiger partial charge is 0.481 e. The Morgan fingerprint density at radius 2 is 2.33 bits per heavy atom. The first kappa shape index (κ1) is 13.0. The fraction of sp³-hybridized carbons (Fsp3) is 0.417. The van der Waals surface area contributed by atoms with E-state index in [2.05, 4.69) is 0 Å². The fourth-order valence-electron chi connectivity index (χ4n) is 2.16. The van der Waals surface area contributed by atoms with Gasteiger partial charge in [0, 0.05) is 23.2 Å². The van der Waals surface area contributed by atoms with Crippen molar-refractivity contribution in [2.75, 3.05) is 13.3 Å².